The molecule has 5 atom stereocenters. The zero-order chi connectivity index (χ0) is 61.5. The number of unbranched alkanes of at least 4 members (excludes halogenated alkanes) is 33. The Morgan fingerprint density at radius 2 is 0.554 bits per heavy atom. The highest BCUT2D eigenvalue weighted by atomic mass is 31.2. The Morgan fingerprint density at radius 1 is 0.325 bits per heavy atom. The molecule has 0 heterocycles. The molecule has 0 saturated carbocycles. The molecule has 19 heteroatoms. The van der Waals surface area contributed by atoms with Crippen molar-refractivity contribution in [1.29, 1.82) is 0 Å². The van der Waals surface area contributed by atoms with Crippen molar-refractivity contribution >= 4 is 39.5 Å². The first-order valence-electron chi connectivity index (χ1n) is 33.5. The Bertz CT molecular complexity index is 1630. The van der Waals surface area contributed by atoms with Crippen LogP contribution in [0.25, 0.3) is 0 Å². The number of rotatable bonds is 63. The molecule has 83 heavy (non-hydrogen) atoms. The summed E-state index contributed by atoms with van der Waals surface area (Å²) in [5, 5.41) is 10.5. The van der Waals surface area contributed by atoms with E-state index in [1.165, 1.54) is 128 Å². The molecule has 0 aliphatic rings. The number of aliphatic hydroxyl groups is 1. The van der Waals surface area contributed by atoms with Crippen LogP contribution in [0.3, 0.4) is 0 Å². The Labute approximate surface area is 505 Å². The van der Waals surface area contributed by atoms with E-state index in [0.29, 0.717) is 37.5 Å². The highest BCUT2D eigenvalue weighted by Gasteiger charge is 2.30. The van der Waals surface area contributed by atoms with Crippen LogP contribution >= 0.6 is 15.6 Å². The van der Waals surface area contributed by atoms with E-state index in [1.54, 1.807) is 0 Å². The zero-order valence-corrected chi connectivity index (χ0v) is 55.3. The first-order valence-corrected chi connectivity index (χ1v) is 36.5. The summed E-state index contributed by atoms with van der Waals surface area (Å²) in [6.07, 6.45) is 39.2. The third kappa shape index (κ3) is 58.8. The van der Waals surface area contributed by atoms with E-state index >= 15 is 0 Å². The van der Waals surface area contributed by atoms with E-state index in [9.17, 15) is 43.2 Å². The summed E-state index contributed by atoms with van der Waals surface area (Å²) < 4.78 is 67.9. The van der Waals surface area contributed by atoms with Gasteiger partial charge in [0.1, 0.15) is 19.3 Å². The number of esters is 4. The van der Waals surface area contributed by atoms with Crippen molar-refractivity contribution in [3.05, 3.63) is 0 Å². The quantitative estimate of drug-likeness (QED) is 0.0222. The van der Waals surface area contributed by atoms with E-state index in [2.05, 4.69) is 41.5 Å². The highest BCUT2D eigenvalue weighted by Crippen LogP contribution is 2.45. The molecule has 2 unspecified atom stereocenters. The molecule has 3 N–H and O–H groups in total. The van der Waals surface area contributed by atoms with Crippen LogP contribution in [0.4, 0.5) is 0 Å². The minimum absolute atomic E-state index is 0.102. The molecule has 0 aromatic rings. The number of phosphoric acid groups is 2. The second kappa shape index (κ2) is 56.6. The fraction of sp³-hybridized carbons (Fsp3) is 0.938. The lowest BCUT2D eigenvalue weighted by molar-refractivity contribution is -0.161. The molecule has 0 aliphatic heterocycles. The fourth-order valence-electron chi connectivity index (χ4n) is 9.53. The Kier molecular flexibility index (Phi) is 55.2. The van der Waals surface area contributed by atoms with Crippen molar-refractivity contribution < 1.29 is 80.2 Å². The molecule has 0 fully saturated rings. The molecule has 0 aromatic carbocycles. The average molecular weight is 1230 g/mol. The second-order valence-electron chi connectivity index (χ2n) is 24.1. The summed E-state index contributed by atoms with van der Waals surface area (Å²) >= 11 is 0. The molecule has 0 radical (unpaired) electrons. The van der Waals surface area contributed by atoms with Crippen LogP contribution in [-0.2, 0) is 65.4 Å². The van der Waals surface area contributed by atoms with Gasteiger partial charge in [0.15, 0.2) is 12.2 Å². The van der Waals surface area contributed by atoms with Crippen LogP contribution in [0.1, 0.15) is 318 Å². The molecule has 0 bridgehead atoms. The second-order valence-corrected chi connectivity index (χ2v) is 27.0. The molecule has 492 valence electrons. The summed E-state index contributed by atoms with van der Waals surface area (Å²) in [5.74, 6) is -0.764. The van der Waals surface area contributed by atoms with Gasteiger partial charge in [0, 0.05) is 25.7 Å². The molecule has 0 saturated heterocycles. The average Bonchev–Trinajstić information content (AvgIpc) is 3.44. The Hall–Kier alpha value is -1.94. The van der Waals surface area contributed by atoms with Gasteiger partial charge in [-0.25, -0.2) is 9.13 Å². The van der Waals surface area contributed by atoms with E-state index in [-0.39, 0.29) is 25.7 Å². The van der Waals surface area contributed by atoms with Crippen LogP contribution in [0.15, 0.2) is 0 Å². The van der Waals surface area contributed by atoms with Crippen LogP contribution < -0.4 is 0 Å². The maximum atomic E-state index is 13.0. The molecule has 0 amide bonds. The van der Waals surface area contributed by atoms with Crippen LogP contribution in [0.2, 0.25) is 0 Å². The summed E-state index contributed by atoms with van der Waals surface area (Å²) in [5.41, 5.74) is 0. The Morgan fingerprint density at radius 3 is 0.819 bits per heavy atom. The highest BCUT2D eigenvalue weighted by molar-refractivity contribution is 7.47. The number of carbonyl (C=O) groups is 4. The minimum Gasteiger partial charge on any atom is -0.462 e. The molecular formula is C64H124O17P2. The number of phosphoric ester groups is 2. The van der Waals surface area contributed by atoms with Gasteiger partial charge in [-0.15, -0.1) is 0 Å². The van der Waals surface area contributed by atoms with Gasteiger partial charge in [0.25, 0.3) is 0 Å². The number of carbonyl (C=O) groups excluding carboxylic acids is 4. The monoisotopic (exact) mass is 1230 g/mol. The van der Waals surface area contributed by atoms with Gasteiger partial charge in [-0.1, -0.05) is 266 Å². The first kappa shape index (κ1) is 81.1. The van der Waals surface area contributed by atoms with E-state index in [0.717, 1.165) is 96.3 Å². The number of aliphatic hydroxyl groups excluding tert-OH is 1. The topological polar surface area (TPSA) is 237 Å². The van der Waals surface area contributed by atoms with Gasteiger partial charge < -0.3 is 33.8 Å². The first-order chi connectivity index (χ1) is 39.9. The number of hydrogen-bond acceptors (Lipinski definition) is 15. The number of ether oxygens (including phenoxy) is 4. The SMILES string of the molecule is CCCCCCCCCCCCCCCCCC(=O)O[C@H](COC(=O)CCCCCCCCCC(C)C)COP(=O)(O)OC[C@@H](O)COP(=O)(O)OC[C@@H](COC(=O)CCCCCCCCCCC)OC(=O)CCCCCCCCC(C)C. The van der Waals surface area contributed by atoms with Crippen LogP contribution in [0.5, 0.6) is 0 Å². The van der Waals surface area contributed by atoms with Crippen molar-refractivity contribution in [2.24, 2.45) is 11.8 Å². The lowest BCUT2D eigenvalue weighted by Crippen LogP contribution is -2.30. The summed E-state index contributed by atoms with van der Waals surface area (Å²) in [7, 11) is -9.88. The van der Waals surface area contributed by atoms with Crippen molar-refractivity contribution in [2.75, 3.05) is 39.6 Å². The van der Waals surface area contributed by atoms with Crippen LogP contribution in [-0.4, -0.2) is 96.7 Å². The van der Waals surface area contributed by atoms with Gasteiger partial charge in [-0.3, -0.25) is 37.3 Å². The normalized spacial score (nSPS) is 14.3. The largest absolute Gasteiger partial charge is 0.472 e. The standard InChI is InChI=1S/C64H124O17P2/c1-7-9-11-13-15-17-18-19-20-21-22-24-28-36-42-48-63(68)80-59(52-75-62(67)47-41-35-29-25-26-32-38-44-56(3)4)54-78-82(70,71)76-50-58(65)51-77-83(72,73)79-55-60(81-64(69)49-43-37-31-30-33-39-45-57(5)6)53-74-61(66)46-40-34-27-23-16-14-12-10-8-2/h56-60,65H,7-55H2,1-6H3,(H,70,71)(H,72,73)/t58-,59-,60-/m1/s1. The van der Waals surface area contributed by atoms with E-state index in [4.69, 9.17) is 37.0 Å². The molecule has 0 aromatic heterocycles. The van der Waals surface area contributed by atoms with Gasteiger partial charge in [0.05, 0.1) is 26.4 Å². The van der Waals surface area contributed by atoms with Crippen LogP contribution in [0, 0.1) is 11.8 Å². The van der Waals surface area contributed by atoms with E-state index in [1.807, 2.05) is 0 Å². The van der Waals surface area contributed by atoms with Crippen molar-refractivity contribution in [3.63, 3.8) is 0 Å². The van der Waals surface area contributed by atoms with Crippen molar-refractivity contribution in [1.82, 2.24) is 0 Å². The summed E-state index contributed by atoms with van der Waals surface area (Å²) in [6.45, 7) is 9.34. The predicted molar refractivity (Wildman–Crippen MR) is 331 cm³/mol. The smallest absolute Gasteiger partial charge is 0.462 e. The van der Waals surface area contributed by atoms with E-state index < -0.39 is 97.5 Å². The zero-order valence-electron chi connectivity index (χ0n) is 53.5. The Balaban J connectivity index is 5.21. The predicted octanol–water partition coefficient (Wildman–Crippen LogP) is 17.7. The fourth-order valence-corrected chi connectivity index (χ4v) is 11.1. The van der Waals surface area contributed by atoms with Gasteiger partial charge in [-0.2, -0.15) is 0 Å². The number of hydrogen-bond donors (Lipinski definition) is 3. The summed E-state index contributed by atoms with van der Waals surface area (Å²) in [4.78, 5) is 72.1. The third-order valence-electron chi connectivity index (χ3n) is 14.7. The minimum atomic E-state index is -4.94. The molecular weight excluding hydrogens is 1100 g/mol. The lowest BCUT2D eigenvalue weighted by atomic mass is 10.0. The maximum absolute atomic E-state index is 13.0. The van der Waals surface area contributed by atoms with Crippen molar-refractivity contribution in [2.45, 2.75) is 336 Å². The molecule has 0 rings (SSSR count). The van der Waals surface area contributed by atoms with Crippen molar-refractivity contribution in [3.8, 4) is 0 Å². The maximum Gasteiger partial charge on any atom is 0.472 e. The summed E-state index contributed by atoms with van der Waals surface area (Å²) in [6, 6.07) is 0. The molecule has 17 nitrogen and oxygen atoms in total. The molecule has 0 aliphatic carbocycles. The van der Waals surface area contributed by atoms with Gasteiger partial charge in [-0.05, 0) is 37.5 Å². The third-order valence-corrected chi connectivity index (χ3v) is 16.6. The van der Waals surface area contributed by atoms with Gasteiger partial charge >= 0.3 is 39.5 Å². The molecule has 0 spiro atoms. The lowest BCUT2D eigenvalue weighted by Gasteiger charge is -2.21. The van der Waals surface area contributed by atoms with Gasteiger partial charge in [0.2, 0.25) is 0 Å².